The fourth-order valence-corrected chi connectivity index (χ4v) is 2.55. The number of para-hydroxylation sites is 1. The Kier molecular flexibility index (Phi) is 3.85. The minimum Gasteiger partial charge on any atom is -0.506 e. The molecule has 0 saturated heterocycles. The van der Waals surface area contributed by atoms with Crippen molar-refractivity contribution in [1.29, 1.82) is 0 Å². The summed E-state index contributed by atoms with van der Waals surface area (Å²) in [5.74, 6) is -0.351. The first-order valence-electron chi connectivity index (χ1n) is 7.24. The second-order valence-corrected chi connectivity index (χ2v) is 5.00. The quantitative estimate of drug-likeness (QED) is 0.593. The van der Waals surface area contributed by atoms with Crippen LogP contribution in [0.5, 0.6) is 5.75 Å². The molecule has 0 unspecified atom stereocenters. The highest BCUT2D eigenvalue weighted by molar-refractivity contribution is 6.11. The van der Waals surface area contributed by atoms with Gasteiger partial charge in [-0.2, -0.15) is 0 Å². The SMILES string of the molecule is CCn1c(=O)c(C(=O)C=Cc2ccco2)c(O)c2ccccc21. The summed E-state index contributed by atoms with van der Waals surface area (Å²) < 4.78 is 6.59. The molecule has 3 aromatic rings. The Morgan fingerprint density at radius 3 is 2.74 bits per heavy atom. The maximum Gasteiger partial charge on any atom is 0.266 e. The highest BCUT2D eigenvalue weighted by Crippen LogP contribution is 2.26. The third kappa shape index (κ3) is 2.57. The van der Waals surface area contributed by atoms with Crippen molar-refractivity contribution in [1.82, 2.24) is 4.57 Å². The summed E-state index contributed by atoms with van der Waals surface area (Å²) >= 11 is 0. The molecule has 0 aliphatic carbocycles. The lowest BCUT2D eigenvalue weighted by atomic mass is 10.1. The molecule has 5 heteroatoms. The van der Waals surface area contributed by atoms with Gasteiger partial charge < -0.3 is 14.1 Å². The van der Waals surface area contributed by atoms with Gasteiger partial charge in [-0.05, 0) is 43.3 Å². The van der Waals surface area contributed by atoms with Crippen molar-refractivity contribution in [2.75, 3.05) is 0 Å². The van der Waals surface area contributed by atoms with Crippen molar-refractivity contribution in [3.8, 4) is 5.75 Å². The Labute approximate surface area is 132 Å². The number of hydrogen-bond donors (Lipinski definition) is 1. The molecule has 3 rings (SSSR count). The molecule has 116 valence electrons. The zero-order valence-electron chi connectivity index (χ0n) is 12.5. The van der Waals surface area contributed by atoms with Gasteiger partial charge in [0.15, 0.2) is 5.78 Å². The van der Waals surface area contributed by atoms with E-state index in [-0.39, 0.29) is 11.3 Å². The highest BCUT2D eigenvalue weighted by Gasteiger charge is 2.19. The molecule has 0 radical (unpaired) electrons. The molecule has 0 amide bonds. The number of fused-ring (bicyclic) bond motifs is 1. The van der Waals surface area contributed by atoms with Gasteiger partial charge in [-0.25, -0.2) is 0 Å². The minimum atomic E-state index is -0.558. The van der Waals surface area contributed by atoms with Crippen LogP contribution in [-0.2, 0) is 6.54 Å². The van der Waals surface area contributed by atoms with Gasteiger partial charge in [-0.15, -0.1) is 0 Å². The summed E-state index contributed by atoms with van der Waals surface area (Å²) in [6.45, 7) is 2.22. The van der Waals surface area contributed by atoms with E-state index in [1.807, 2.05) is 6.92 Å². The zero-order valence-corrected chi connectivity index (χ0v) is 12.5. The number of ketones is 1. The lowest BCUT2D eigenvalue weighted by Gasteiger charge is -2.12. The molecule has 1 aromatic carbocycles. The lowest BCUT2D eigenvalue weighted by Crippen LogP contribution is -2.26. The van der Waals surface area contributed by atoms with E-state index in [1.54, 1.807) is 36.4 Å². The van der Waals surface area contributed by atoms with E-state index in [1.165, 1.54) is 23.0 Å². The van der Waals surface area contributed by atoms with Crippen molar-refractivity contribution < 1.29 is 14.3 Å². The number of benzene rings is 1. The van der Waals surface area contributed by atoms with E-state index in [4.69, 9.17) is 4.42 Å². The topological polar surface area (TPSA) is 72.4 Å². The van der Waals surface area contributed by atoms with Crippen LogP contribution in [-0.4, -0.2) is 15.5 Å². The monoisotopic (exact) mass is 309 g/mol. The Balaban J connectivity index is 2.17. The highest BCUT2D eigenvalue weighted by atomic mass is 16.3. The number of allylic oxidation sites excluding steroid dienone is 1. The van der Waals surface area contributed by atoms with Crippen LogP contribution in [0.3, 0.4) is 0 Å². The fraction of sp³-hybridized carbons (Fsp3) is 0.111. The van der Waals surface area contributed by atoms with Crippen LogP contribution < -0.4 is 5.56 Å². The van der Waals surface area contributed by atoms with E-state index in [0.717, 1.165) is 0 Å². The second kappa shape index (κ2) is 5.96. The average molecular weight is 309 g/mol. The van der Waals surface area contributed by atoms with Crippen LogP contribution >= 0.6 is 0 Å². The number of pyridine rings is 1. The van der Waals surface area contributed by atoms with E-state index < -0.39 is 11.3 Å². The summed E-state index contributed by atoms with van der Waals surface area (Å²) in [6, 6.07) is 10.3. The summed E-state index contributed by atoms with van der Waals surface area (Å²) in [4.78, 5) is 25.0. The zero-order chi connectivity index (χ0) is 16.4. The van der Waals surface area contributed by atoms with Gasteiger partial charge in [0.1, 0.15) is 17.1 Å². The molecule has 0 aliphatic rings. The number of rotatable bonds is 4. The van der Waals surface area contributed by atoms with Gasteiger partial charge in [0.2, 0.25) is 0 Å². The standard InChI is InChI=1S/C18H15NO4/c1-2-19-14-8-4-3-7-13(14)17(21)16(18(19)22)15(20)10-9-12-6-5-11-23-12/h3-11,21H,2H2,1H3. The predicted molar refractivity (Wildman–Crippen MR) is 87.6 cm³/mol. The normalized spacial score (nSPS) is 11.3. The van der Waals surface area contributed by atoms with Crippen molar-refractivity contribution in [3.05, 3.63) is 70.4 Å². The minimum absolute atomic E-state index is 0.228. The molecule has 23 heavy (non-hydrogen) atoms. The summed E-state index contributed by atoms with van der Waals surface area (Å²) in [5, 5.41) is 10.9. The lowest BCUT2D eigenvalue weighted by molar-refractivity contribution is 0.104. The van der Waals surface area contributed by atoms with Gasteiger partial charge in [-0.3, -0.25) is 9.59 Å². The molecular formula is C18H15NO4. The predicted octanol–water partition coefficient (Wildman–Crippen LogP) is 3.22. The van der Waals surface area contributed by atoms with Crippen LogP contribution in [0.2, 0.25) is 0 Å². The summed E-state index contributed by atoms with van der Waals surface area (Å²) in [6.07, 6.45) is 4.18. The summed E-state index contributed by atoms with van der Waals surface area (Å²) in [7, 11) is 0. The van der Waals surface area contributed by atoms with Crippen LogP contribution in [0.4, 0.5) is 0 Å². The third-order valence-electron chi connectivity index (χ3n) is 3.65. The first-order chi connectivity index (χ1) is 11.1. The molecule has 2 heterocycles. The van der Waals surface area contributed by atoms with Gasteiger partial charge in [0.25, 0.3) is 5.56 Å². The molecule has 0 aliphatic heterocycles. The number of furan rings is 1. The summed E-state index contributed by atoms with van der Waals surface area (Å²) in [5.41, 5.74) is -0.129. The van der Waals surface area contributed by atoms with Gasteiger partial charge in [0, 0.05) is 11.9 Å². The van der Waals surface area contributed by atoms with Gasteiger partial charge in [-0.1, -0.05) is 12.1 Å². The molecule has 2 aromatic heterocycles. The molecule has 0 atom stereocenters. The van der Waals surface area contributed by atoms with Gasteiger partial charge in [0.05, 0.1) is 11.8 Å². The molecule has 1 N–H and O–H groups in total. The second-order valence-electron chi connectivity index (χ2n) is 5.00. The van der Waals surface area contributed by atoms with Crippen molar-refractivity contribution in [2.45, 2.75) is 13.5 Å². The van der Waals surface area contributed by atoms with E-state index >= 15 is 0 Å². The Morgan fingerprint density at radius 1 is 1.26 bits per heavy atom. The van der Waals surface area contributed by atoms with Crippen molar-refractivity contribution >= 4 is 22.8 Å². The number of carbonyl (C=O) groups is 1. The molecule has 0 spiro atoms. The third-order valence-corrected chi connectivity index (χ3v) is 3.65. The molecule has 5 nitrogen and oxygen atoms in total. The maximum atomic E-state index is 12.6. The molecule has 0 bridgehead atoms. The van der Waals surface area contributed by atoms with Crippen molar-refractivity contribution in [3.63, 3.8) is 0 Å². The fourth-order valence-electron chi connectivity index (χ4n) is 2.55. The first kappa shape index (κ1) is 14.8. The maximum absolute atomic E-state index is 12.6. The molecule has 0 saturated carbocycles. The number of carbonyl (C=O) groups excluding carboxylic acids is 1. The van der Waals surface area contributed by atoms with Crippen LogP contribution in [0.25, 0.3) is 17.0 Å². The number of aryl methyl sites for hydroxylation is 1. The van der Waals surface area contributed by atoms with Crippen molar-refractivity contribution in [2.24, 2.45) is 0 Å². The smallest absolute Gasteiger partial charge is 0.266 e. The van der Waals surface area contributed by atoms with E-state index in [0.29, 0.717) is 23.2 Å². The average Bonchev–Trinajstić information content (AvgIpc) is 3.07. The molecule has 0 fully saturated rings. The van der Waals surface area contributed by atoms with Crippen LogP contribution in [0.1, 0.15) is 23.0 Å². The Hall–Kier alpha value is -3.08. The Morgan fingerprint density at radius 2 is 2.04 bits per heavy atom. The van der Waals surface area contributed by atoms with Crippen LogP contribution in [0, 0.1) is 0 Å². The number of hydrogen-bond acceptors (Lipinski definition) is 4. The first-order valence-corrected chi connectivity index (χ1v) is 7.24. The number of nitrogens with zero attached hydrogens (tertiary/aromatic N) is 1. The molecular weight excluding hydrogens is 294 g/mol. The number of aromatic hydroxyl groups is 1. The van der Waals surface area contributed by atoms with E-state index in [2.05, 4.69) is 0 Å². The number of aromatic nitrogens is 1. The Bertz CT molecular complexity index is 949. The largest absolute Gasteiger partial charge is 0.506 e. The van der Waals surface area contributed by atoms with E-state index in [9.17, 15) is 14.7 Å². The van der Waals surface area contributed by atoms with Gasteiger partial charge >= 0.3 is 0 Å². The van der Waals surface area contributed by atoms with Crippen LogP contribution in [0.15, 0.2) is 57.9 Å².